The molecule has 17 heavy (non-hydrogen) atoms. The molecule has 0 unspecified atom stereocenters. The van der Waals surface area contributed by atoms with Crippen LogP contribution in [0.4, 0.5) is 0 Å². The van der Waals surface area contributed by atoms with Crippen molar-refractivity contribution in [2.45, 2.75) is 32.1 Å². The summed E-state index contributed by atoms with van der Waals surface area (Å²) in [4.78, 5) is 0. The Kier molecular flexibility index (Phi) is 8.18. The van der Waals surface area contributed by atoms with Crippen LogP contribution in [0.5, 0.6) is 0 Å². The van der Waals surface area contributed by atoms with E-state index in [9.17, 15) is 0 Å². The van der Waals surface area contributed by atoms with Gasteiger partial charge in [0.2, 0.25) is 0 Å². The number of nitrogens with zero attached hydrogens (tertiary/aromatic N) is 2. The molecule has 0 spiro atoms. The summed E-state index contributed by atoms with van der Waals surface area (Å²) in [7, 11) is 2.00. The first-order valence-corrected chi connectivity index (χ1v) is 7.90. The maximum atomic E-state index is 4.16. The number of hydrogen-bond donors (Lipinski definition) is 1. The molecule has 1 N–H and O–H groups in total. The van der Waals surface area contributed by atoms with Gasteiger partial charge in [0.05, 0.1) is 0 Å². The highest BCUT2D eigenvalue weighted by Crippen LogP contribution is 2.03. The molecule has 0 saturated heterocycles. The zero-order valence-corrected chi connectivity index (χ0v) is 11.9. The van der Waals surface area contributed by atoms with Crippen LogP contribution in [0.3, 0.4) is 0 Å². The second kappa shape index (κ2) is 9.54. The van der Waals surface area contributed by atoms with E-state index in [1.165, 1.54) is 37.1 Å². The summed E-state index contributed by atoms with van der Waals surface area (Å²) in [5.41, 5.74) is 1.30. The van der Waals surface area contributed by atoms with Crippen molar-refractivity contribution >= 4 is 11.8 Å². The summed E-state index contributed by atoms with van der Waals surface area (Å²) in [6, 6.07) is 2.09. The summed E-state index contributed by atoms with van der Waals surface area (Å²) < 4.78 is 1.95. The highest BCUT2D eigenvalue weighted by molar-refractivity contribution is 7.98. The third-order valence-electron chi connectivity index (χ3n) is 2.93. The highest BCUT2D eigenvalue weighted by Gasteiger charge is 1.97. The molecule has 3 nitrogen and oxygen atoms in total. The van der Waals surface area contributed by atoms with Gasteiger partial charge in [-0.3, -0.25) is 4.68 Å². The number of aromatic nitrogens is 2. The third kappa shape index (κ3) is 6.74. The Labute approximate surface area is 109 Å². The van der Waals surface area contributed by atoms with Gasteiger partial charge in [-0.2, -0.15) is 16.9 Å². The predicted molar refractivity (Wildman–Crippen MR) is 76.6 cm³/mol. The van der Waals surface area contributed by atoms with Gasteiger partial charge in [0.25, 0.3) is 0 Å². The zero-order chi connectivity index (χ0) is 12.3. The summed E-state index contributed by atoms with van der Waals surface area (Å²) in [5.74, 6) is 1.31. The zero-order valence-electron chi connectivity index (χ0n) is 11.1. The van der Waals surface area contributed by atoms with E-state index in [1.54, 1.807) is 0 Å². The van der Waals surface area contributed by atoms with E-state index in [4.69, 9.17) is 0 Å². The van der Waals surface area contributed by atoms with Crippen LogP contribution in [0.15, 0.2) is 12.3 Å². The summed E-state index contributed by atoms with van der Waals surface area (Å²) in [5, 5.41) is 7.66. The average molecular weight is 255 g/mol. The van der Waals surface area contributed by atoms with Crippen molar-refractivity contribution in [1.29, 1.82) is 0 Å². The third-order valence-corrected chi connectivity index (χ3v) is 3.63. The number of thioether (sulfide) groups is 1. The van der Waals surface area contributed by atoms with Crippen LogP contribution >= 0.6 is 11.8 Å². The number of rotatable bonds is 10. The molecule has 0 aliphatic heterocycles. The van der Waals surface area contributed by atoms with Crippen molar-refractivity contribution < 1.29 is 0 Å². The van der Waals surface area contributed by atoms with Crippen molar-refractivity contribution in [3.05, 3.63) is 18.0 Å². The molecule has 0 atom stereocenters. The average Bonchev–Trinajstić information content (AvgIpc) is 2.73. The van der Waals surface area contributed by atoms with E-state index in [0.29, 0.717) is 0 Å². The van der Waals surface area contributed by atoms with Gasteiger partial charge in [-0.15, -0.1) is 0 Å². The molecular formula is C13H25N3S. The van der Waals surface area contributed by atoms with Gasteiger partial charge >= 0.3 is 0 Å². The van der Waals surface area contributed by atoms with Gasteiger partial charge in [0.1, 0.15) is 0 Å². The molecule has 0 amide bonds. The number of unbranched alkanes of at least 4 members (excludes halogenated alkanes) is 3. The molecule has 0 aliphatic rings. The lowest BCUT2D eigenvalue weighted by molar-refractivity contribution is 0.589. The molecule has 1 aromatic rings. The first-order valence-electron chi connectivity index (χ1n) is 6.51. The Morgan fingerprint density at radius 2 is 2.06 bits per heavy atom. The van der Waals surface area contributed by atoms with Crippen LogP contribution in [-0.2, 0) is 13.5 Å². The van der Waals surface area contributed by atoms with Crippen LogP contribution < -0.4 is 5.32 Å². The first-order chi connectivity index (χ1) is 8.34. The molecule has 0 saturated carbocycles. The smallest absolute Gasteiger partial charge is 0.0492 e. The Bertz CT molecular complexity index is 286. The van der Waals surface area contributed by atoms with Crippen molar-refractivity contribution in [3.8, 4) is 0 Å². The molecule has 1 rings (SSSR count). The fraction of sp³-hybridized carbons (Fsp3) is 0.769. The van der Waals surface area contributed by atoms with Crippen LogP contribution in [0.1, 0.15) is 31.4 Å². The normalized spacial score (nSPS) is 10.9. The topological polar surface area (TPSA) is 29.9 Å². The lowest BCUT2D eigenvalue weighted by Crippen LogP contribution is -2.19. The van der Waals surface area contributed by atoms with Gasteiger partial charge in [-0.25, -0.2) is 0 Å². The van der Waals surface area contributed by atoms with Gasteiger partial charge < -0.3 is 5.32 Å². The Morgan fingerprint density at radius 3 is 2.76 bits per heavy atom. The van der Waals surface area contributed by atoms with Crippen LogP contribution in [0, 0.1) is 0 Å². The molecule has 0 aliphatic carbocycles. The monoisotopic (exact) mass is 255 g/mol. The standard InChI is InChI=1S/C13H25N3S/c1-16-13(8-11-15-16)7-10-14-9-5-3-4-6-12-17-2/h8,11,14H,3-7,9-10,12H2,1-2H3. The quantitative estimate of drug-likeness (QED) is 0.651. The summed E-state index contributed by atoms with van der Waals surface area (Å²) in [6.45, 7) is 2.21. The van der Waals surface area contributed by atoms with Gasteiger partial charge in [-0.1, -0.05) is 12.8 Å². The van der Waals surface area contributed by atoms with Gasteiger partial charge in [0.15, 0.2) is 0 Å². The maximum absolute atomic E-state index is 4.16. The minimum atomic E-state index is 1.06. The van der Waals surface area contributed by atoms with Gasteiger partial charge in [0, 0.05) is 31.9 Å². The number of aryl methyl sites for hydroxylation is 1. The molecule has 1 aromatic heterocycles. The molecule has 0 aromatic carbocycles. The lowest BCUT2D eigenvalue weighted by Gasteiger charge is -2.05. The molecule has 4 heteroatoms. The second-order valence-electron chi connectivity index (χ2n) is 4.35. The fourth-order valence-corrected chi connectivity index (χ4v) is 2.33. The number of nitrogens with one attached hydrogen (secondary N) is 1. The van der Waals surface area contributed by atoms with Crippen molar-refractivity contribution in [2.24, 2.45) is 7.05 Å². The fourth-order valence-electron chi connectivity index (χ4n) is 1.84. The lowest BCUT2D eigenvalue weighted by atomic mass is 10.2. The van der Waals surface area contributed by atoms with Crippen LogP contribution in [-0.4, -0.2) is 34.9 Å². The van der Waals surface area contributed by atoms with Crippen molar-refractivity contribution in [3.63, 3.8) is 0 Å². The van der Waals surface area contributed by atoms with Gasteiger partial charge in [-0.05, 0) is 37.5 Å². The van der Waals surface area contributed by atoms with E-state index in [2.05, 4.69) is 22.7 Å². The molecule has 0 bridgehead atoms. The predicted octanol–water partition coefficient (Wildman–Crippen LogP) is 2.48. The van der Waals surface area contributed by atoms with Crippen molar-refractivity contribution in [1.82, 2.24) is 15.1 Å². The largest absolute Gasteiger partial charge is 0.316 e. The Morgan fingerprint density at radius 1 is 1.24 bits per heavy atom. The molecule has 1 heterocycles. The van der Waals surface area contributed by atoms with E-state index in [1.807, 2.05) is 29.7 Å². The molecule has 0 fully saturated rings. The maximum Gasteiger partial charge on any atom is 0.0492 e. The minimum absolute atomic E-state index is 1.06. The first kappa shape index (κ1) is 14.6. The highest BCUT2D eigenvalue weighted by atomic mass is 32.2. The Hall–Kier alpha value is -0.480. The minimum Gasteiger partial charge on any atom is -0.316 e. The van der Waals surface area contributed by atoms with Crippen molar-refractivity contribution in [2.75, 3.05) is 25.1 Å². The summed E-state index contributed by atoms with van der Waals surface area (Å²) >= 11 is 1.95. The number of hydrogen-bond acceptors (Lipinski definition) is 3. The summed E-state index contributed by atoms with van der Waals surface area (Å²) in [6.07, 6.45) is 10.5. The molecule has 0 radical (unpaired) electrons. The van der Waals surface area contributed by atoms with Crippen LogP contribution in [0.25, 0.3) is 0 Å². The SMILES string of the molecule is CSCCCCCCNCCc1ccnn1C. The molecular weight excluding hydrogens is 230 g/mol. The van der Waals surface area contributed by atoms with E-state index >= 15 is 0 Å². The second-order valence-corrected chi connectivity index (χ2v) is 5.34. The Balaban J connectivity index is 1.86. The molecule has 98 valence electrons. The van der Waals surface area contributed by atoms with E-state index < -0.39 is 0 Å². The van der Waals surface area contributed by atoms with E-state index in [0.717, 1.165) is 19.5 Å². The van der Waals surface area contributed by atoms with E-state index in [-0.39, 0.29) is 0 Å². The van der Waals surface area contributed by atoms with Crippen LogP contribution in [0.2, 0.25) is 0 Å².